The molecule has 26 heavy (non-hydrogen) atoms. The van der Waals surface area contributed by atoms with Crippen molar-refractivity contribution in [1.82, 2.24) is 0 Å². The summed E-state index contributed by atoms with van der Waals surface area (Å²) in [5.74, 6) is 0. The summed E-state index contributed by atoms with van der Waals surface area (Å²) >= 11 is 0. The first-order chi connectivity index (χ1) is 11.6. The quantitative estimate of drug-likeness (QED) is 0.232. The zero-order valence-corrected chi connectivity index (χ0v) is 17.7. The summed E-state index contributed by atoms with van der Waals surface area (Å²) in [6.45, 7) is 6.54. The van der Waals surface area contributed by atoms with E-state index >= 15 is 0 Å². The number of hydrogen-bond acceptors (Lipinski definition) is 7. The lowest BCUT2D eigenvalue weighted by Crippen LogP contribution is -2.25. The average Bonchev–Trinajstić information content (AvgIpc) is 2.39. The number of phosphoric ester groups is 1. The molecular weight excluding hydrogens is 386 g/mol. The van der Waals surface area contributed by atoms with Crippen molar-refractivity contribution in [3.63, 3.8) is 0 Å². The Balaban J connectivity index is 4.00. The average molecular weight is 420 g/mol. The first-order valence-corrected chi connectivity index (χ1v) is 11.3. The van der Waals surface area contributed by atoms with E-state index in [1.165, 1.54) is 0 Å². The molecule has 0 amide bonds. The summed E-state index contributed by atoms with van der Waals surface area (Å²) in [7, 11) is -7.00. The molecule has 0 aliphatic carbocycles. The number of aliphatic hydroxyl groups excluding tert-OH is 2. The smallest absolute Gasteiger partial charge is 0.393 e. The number of hydrogen-bond donors (Lipinski definition) is 6. The van der Waals surface area contributed by atoms with E-state index in [0.29, 0.717) is 44.9 Å². The lowest BCUT2D eigenvalue weighted by atomic mass is 9.95. The molecule has 2 unspecified atom stereocenters. The molecule has 2 atom stereocenters. The Bertz CT molecular complexity index is 437. The predicted octanol–water partition coefficient (Wildman–Crippen LogP) is 2.33. The highest BCUT2D eigenvalue weighted by Crippen LogP contribution is 2.42. The van der Waals surface area contributed by atoms with Crippen molar-refractivity contribution in [3.8, 4) is 0 Å². The van der Waals surface area contributed by atoms with Crippen molar-refractivity contribution in [3.05, 3.63) is 0 Å². The van der Waals surface area contributed by atoms with Crippen LogP contribution in [0.15, 0.2) is 0 Å². The van der Waals surface area contributed by atoms with Gasteiger partial charge in [0, 0.05) is 0 Å². The summed E-state index contributed by atoms with van der Waals surface area (Å²) in [5.41, 5.74) is -1.77. The second-order valence-corrected chi connectivity index (χ2v) is 9.61. The number of phosphoric acid groups is 1. The zero-order valence-electron chi connectivity index (χ0n) is 15.9. The van der Waals surface area contributed by atoms with Gasteiger partial charge in [-0.3, -0.25) is 4.52 Å². The van der Waals surface area contributed by atoms with Crippen LogP contribution in [0.1, 0.15) is 72.6 Å². The van der Waals surface area contributed by atoms with Gasteiger partial charge in [0.1, 0.15) is 0 Å². The van der Waals surface area contributed by atoms with Crippen LogP contribution in [0.25, 0.3) is 0 Å². The van der Waals surface area contributed by atoms with Gasteiger partial charge in [-0.2, -0.15) is 0 Å². The fraction of sp³-hybridized carbons (Fsp3) is 1.00. The van der Waals surface area contributed by atoms with Gasteiger partial charge in [0.25, 0.3) is 0 Å². The fourth-order valence-electron chi connectivity index (χ4n) is 2.54. The van der Waals surface area contributed by atoms with Crippen LogP contribution in [0.3, 0.4) is 0 Å². The molecule has 0 aliphatic rings. The van der Waals surface area contributed by atoms with E-state index in [1.54, 1.807) is 27.7 Å². The molecule has 0 bridgehead atoms. The van der Waals surface area contributed by atoms with Crippen LogP contribution in [-0.4, -0.2) is 53.2 Å². The minimum absolute atomic E-state index is 0.290. The molecule has 9 nitrogen and oxygen atoms in total. The molecule has 0 aliphatic heterocycles. The fourth-order valence-corrected chi connectivity index (χ4v) is 3.81. The van der Waals surface area contributed by atoms with Gasteiger partial charge >= 0.3 is 16.4 Å². The van der Waals surface area contributed by atoms with Crippen LogP contribution in [0.5, 0.6) is 0 Å². The maximum Gasteiger partial charge on any atom is 0.470 e. The highest BCUT2D eigenvalue weighted by atomic mass is 31.2. The van der Waals surface area contributed by atoms with E-state index in [0.717, 1.165) is 0 Å². The van der Waals surface area contributed by atoms with E-state index in [-0.39, 0.29) is 0 Å². The monoisotopic (exact) mass is 420 g/mol. The molecule has 0 aromatic rings. The lowest BCUT2D eigenvalue weighted by Gasteiger charge is -2.27. The Morgan fingerprint density at radius 1 is 0.885 bits per heavy atom. The molecule has 0 aromatic carbocycles. The normalized spacial score (nSPS) is 16.1. The van der Waals surface area contributed by atoms with Gasteiger partial charge in [-0.1, -0.05) is 0 Å². The molecule has 11 heteroatoms. The van der Waals surface area contributed by atoms with Crippen molar-refractivity contribution in [2.45, 2.75) is 96.1 Å². The second-order valence-electron chi connectivity index (χ2n) is 7.76. The Morgan fingerprint density at radius 3 is 1.69 bits per heavy atom. The van der Waals surface area contributed by atoms with Crippen LogP contribution < -0.4 is 0 Å². The minimum atomic E-state index is -4.57. The third-order valence-electron chi connectivity index (χ3n) is 3.93. The maximum atomic E-state index is 10.9. The summed E-state index contributed by atoms with van der Waals surface area (Å²) in [6.07, 6.45) is 1.84. The molecule has 6 N–H and O–H groups in total. The van der Waals surface area contributed by atoms with Crippen molar-refractivity contribution in [1.29, 1.82) is 0 Å². The highest BCUT2D eigenvalue weighted by Gasteiger charge is 2.29. The van der Waals surface area contributed by atoms with Gasteiger partial charge in [0.05, 0.1) is 23.4 Å². The molecule has 0 aromatic heterocycles. The predicted molar refractivity (Wildman–Crippen MR) is 98.1 cm³/mol. The number of rotatable bonds is 14. The third-order valence-corrected chi connectivity index (χ3v) is 5.32. The second kappa shape index (κ2) is 11.4. The van der Waals surface area contributed by atoms with Crippen molar-refractivity contribution in [2.75, 3.05) is 0 Å². The molecular formula is C15H34O9P2. The van der Waals surface area contributed by atoms with Crippen LogP contribution in [0.2, 0.25) is 0 Å². The highest BCUT2D eigenvalue weighted by molar-refractivity contribution is 7.46. The van der Waals surface area contributed by atoms with E-state index in [4.69, 9.17) is 24.1 Å². The Labute approximate surface area is 156 Å². The minimum Gasteiger partial charge on any atom is -0.393 e. The molecule has 0 fully saturated rings. The largest absolute Gasteiger partial charge is 0.470 e. The Hall–Kier alpha value is 0.340. The molecule has 0 spiro atoms. The molecule has 0 saturated carbocycles. The van der Waals surface area contributed by atoms with E-state index in [9.17, 15) is 14.8 Å². The molecule has 158 valence electrons. The van der Waals surface area contributed by atoms with Crippen LogP contribution in [0.4, 0.5) is 0 Å². The molecule has 0 rings (SSSR count). The van der Waals surface area contributed by atoms with Crippen molar-refractivity contribution >= 4 is 16.4 Å². The zero-order chi connectivity index (χ0) is 20.6. The molecule has 0 saturated heterocycles. The van der Waals surface area contributed by atoms with Crippen LogP contribution >= 0.6 is 16.4 Å². The number of aliphatic hydroxyl groups is 2. The van der Waals surface area contributed by atoms with Crippen LogP contribution in [0, 0.1) is 0 Å². The Morgan fingerprint density at radius 2 is 1.31 bits per heavy atom. The molecule has 0 radical (unpaired) electrons. The van der Waals surface area contributed by atoms with Gasteiger partial charge in [-0.25, -0.2) is 4.57 Å². The molecule has 0 heterocycles. The standard InChI is InChI=1S/C15H34O9P2/c1-14(2,23-25(18)19)10-8-12(16)6-5-7-13(17)9-11-15(3,4)24-26(20,21)22/h12-13,16-19H,5-11H2,1-4H3,(H2,20,21,22). The summed E-state index contributed by atoms with van der Waals surface area (Å²) in [6, 6.07) is 0. The Kier molecular flexibility index (Phi) is 11.5. The first-order valence-electron chi connectivity index (χ1n) is 8.61. The summed E-state index contributed by atoms with van der Waals surface area (Å²) in [4.78, 5) is 35.4. The van der Waals surface area contributed by atoms with Gasteiger partial charge in [-0.15, -0.1) is 0 Å². The van der Waals surface area contributed by atoms with Gasteiger partial charge in [-0.05, 0) is 72.6 Å². The SMILES string of the molecule is CC(C)(CCC(O)CCCC(O)CCC(C)(C)OP(=O)(O)O)OP(O)O. The van der Waals surface area contributed by atoms with Gasteiger partial charge in [0.2, 0.25) is 0 Å². The summed E-state index contributed by atoms with van der Waals surface area (Å²) < 4.78 is 20.5. The third kappa shape index (κ3) is 15.4. The summed E-state index contributed by atoms with van der Waals surface area (Å²) in [5, 5.41) is 20.0. The van der Waals surface area contributed by atoms with Gasteiger partial charge < -0.3 is 34.3 Å². The topological polar surface area (TPSA) is 157 Å². The van der Waals surface area contributed by atoms with E-state index < -0.39 is 39.8 Å². The van der Waals surface area contributed by atoms with Crippen molar-refractivity contribution in [2.24, 2.45) is 0 Å². The van der Waals surface area contributed by atoms with E-state index in [2.05, 4.69) is 4.52 Å². The van der Waals surface area contributed by atoms with Crippen LogP contribution in [-0.2, 0) is 13.6 Å². The van der Waals surface area contributed by atoms with Crippen molar-refractivity contribution < 1.29 is 43.4 Å². The first kappa shape index (κ1) is 26.3. The lowest BCUT2D eigenvalue weighted by molar-refractivity contribution is 0.0378. The van der Waals surface area contributed by atoms with Gasteiger partial charge in [0.15, 0.2) is 0 Å². The van der Waals surface area contributed by atoms with E-state index in [1.807, 2.05) is 0 Å². The maximum absolute atomic E-state index is 10.9.